The number of rotatable bonds is 4. The standard InChI is InChI=1S/C12H11BrN4O3/c1-14-11-8(3-2-4-15-11)6-16-7-9(17(19)20)5-10(13)12(16)18/h2-5,7H,6H2,1H3,(H,14,15). The molecule has 0 bridgehead atoms. The maximum atomic E-state index is 12.0. The fraction of sp³-hybridized carbons (Fsp3) is 0.167. The number of halogens is 1. The Bertz CT molecular complexity index is 714. The lowest BCUT2D eigenvalue weighted by Crippen LogP contribution is -2.21. The van der Waals surface area contributed by atoms with Crippen LogP contribution in [0.15, 0.2) is 39.9 Å². The molecule has 0 spiro atoms. The third kappa shape index (κ3) is 2.85. The molecule has 0 aliphatic carbocycles. The highest BCUT2D eigenvalue weighted by atomic mass is 79.9. The van der Waals surface area contributed by atoms with Gasteiger partial charge in [-0.2, -0.15) is 0 Å². The average Bonchev–Trinajstić information content (AvgIpc) is 2.44. The summed E-state index contributed by atoms with van der Waals surface area (Å²) in [6.45, 7) is 0.198. The van der Waals surface area contributed by atoms with Crippen molar-refractivity contribution in [1.82, 2.24) is 9.55 Å². The van der Waals surface area contributed by atoms with Crippen molar-refractivity contribution >= 4 is 27.4 Å². The van der Waals surface area contributed by atoms with E-state index in [1.165, 1.54) is 16.8 Å². The first-order chi connectivity index (χ1) is 9.52. The van der Waals surface area contributed by atoms with Crippen molar-refractivity contribution in [2.75, 3.05) is 12.4 Å². The second-order valence-electron chi connectivity index (χ2n) is 4.00. The molecule has 1 N–H and O–H groups in total. The predicted octanol–water partition coefficient (Wildman–Crippen LogP) is 2.00. The zero-order valence-corrected chi connectivity index (χ0v) is 12.1. The minimum atomic E-state index is -0.539. The molecular formula is C12H11BrN4O3. The molecule has 2 aromatic rings. The molecule has 0 aliphatic rings. The van der Waals surface area contributed by atoms with Crippen molar-refractivity contribution < 1.29 is 4.92 Å². The monoisotopic (exact) mass is 338 g/mol. The predicted molar refractivity (Wildman–Crippen MR) is 77.9 cm³/mol. The van der Waals surface area contributed by atoms with E-state index in [2.05, 4.69) is 26.2 Å². The van der Waals surface area contributed by atoms with E-state index in [0.717, 1.165) is 5.56 Å². The van der Waals surface area contributed by atoms with Gasteiger partial charge in [-0.1, -0.05) is 6.07 Å². The summed E-state index contributed by atoms with van der Waals surface area (Å²) >= 11 is 3.05. The van der Waals surface area contributed by atoms with Crippen molar-refractivity contribution in [3.05, 3.63) is 61.1 Å². The highest BCUT2D eigenvalue weighted by Gasteiger charge is 2.13. The van der Waals surface area contributed by atoms with E-state index in [-0.39, 0.29) is 22.3 Å². The number of nitrogens with one attached hydrogen (secondary N) is 1. The van der Waals surface area contributed by atoms with Gasteiger partial charge < -0.3 is 9.88 Å². The first-order valence-corrected chi connectivity index (χ1v) is 6.48. The molecule has 0 saturated heterocycles. The summed E-state index contributed by atoms with van der Waals surface area (Å²) in [4.78, 5) is 26.4. The van der Waals surface area contributed by atoms with Crippen molar-refractivity contribution in [3.8, 4) is 0 Å². The van der Waals surface area contributed by atoms with Crippen molar-refractivity contribution in [2.24, 2.45) is 0 Å². The van der Waals surface area contributed by atoms with Gasteiger partial charge in [0.25, 0.3) is 11.2 Å². The SMILES string of the molecule is CNc1ncccc1Cn1cc([N+](=O)[O-])cc(Br)c1=O. The third-order valence-electron chi connectivity index (χ3n) is 2.71. The van der Waals surface area contributed by atoms with Crippen LogP contribution in [0.5, 0.6) is 0 Å². The van der Waals surface area contributed by atoms with E-state index < -0.39 is 4.92 Å². The van der Waals surface area contributed by atoms with Crippen LogP contribution in [0.3, 0.4) is 0 Å². The van der Waals surface area contributed by atoms with Gasteiger partial charge in [-0.05, 0) is 22.0 Å². The molecule has 0 saturated carbocycles. The van der Waals surface area contributed by atoms with Crippen LogP contribution >= 0.6 is 15.9 Å². The summed E-state index contributed by atoms with van der Waals surface area (Å²) in [5, 5.41) is 13.8. The molecule has 104 valence electrons. The number of hydrogen-bond acceptors (Lipinski definition) is 5. The Morgan fingerprint density at radius 1 is 1.55 bits per heavy atom. The van der Waals surface area contributed by atoms with E-state index in [4.69, 9.17) is 0 Å². The third-order valence-corrected chi connectivity index (χ3v) is 3.28. The molecule has 7 nitrogen and oxygen atoms in total. The fourth-order valence-electron chi connectivity index (χ4n) is 1.78. The lowest BCUT2D eigenvalue weighted by atomic mass is 10.2. The Balaban J connectivity index is 2.48. The highest BCUT2D eigenvalue weighted by molar-refractivity contribution is 9.10. The van der Waals surface area contributed by atoms with Crippen LogP contribution in [0.1, 0.15) is 5.56 Å². The van der Waals surface area contributed by atoms with E-state index in [9.17, 15) is 14.9 Å². The molecule has 0 fully saturated rings. The Morgan fingerprint density at radius 2 is 2.30 bits per heavy atom. The van der Waals surface area contributed by atoms with Gasteiger partial charge in [0.1, 0.15) is 5.82 Å². The Labute approximate surface area is 122 Å². The summed E-state index contributed by atoms with van der Waals surface area (Å²) in [5.41, 5.74) is 0.289. The van der Waals surface area contributed by atoms with Gasteiger partial charge in [-0.15, -0.1) is 0 Å². The molecule has 2 rings (SSSR count). The number of nitro groups is 1. The topological polar surface area (TPSA) is 90.1 Å². The van der Waals surface area contributed by atoms with Gasteiger partial charge in [0.05, 0.1) is 22.1 Å². The molecular weight excluding hydrogens is 328 g/mol. The van der Waals surface area contributed by atoms with Crippen molar-refractivity contribution in [2.45, 2.75) is 6.54 Å². The van der Waals surface area contributed by atoms with Crippen molar-refractivity contribution in [1.29, 1.82) is 0 Å². The van der Waals surface area contributed by atoms with Gasteiger partial charge >= 0.3 is 0 Å². The molecule has 0 aromatic carbocycles. The summed E-state index contributed by atoms with van der Waals surface area (Å²) in [6.07, 6.45) is 2.85. The summed E-state index contributed by atoms with van der Waals surface area (Å²) in [6, 6.07) is 4.74. The molecule has 0 amide bonds. The lowest BCUT2D eigenvalue weighted by Gasteiger charge is -2.10. The zero-order chi connectivity index (χ0) is 14.7. The summed E-state index contributed by atoms with van der Waals surface area (Å²) < 4.78 is 1.43. The molecule has 8 heteroatoms. The number of aromatic nitrogens is 2. The molecule has 0 aliphatic heterocycles. The molecule has 0 atom stereocenters. The van der Waals surface area contributed by atoms with Gasteiger partial charge in [0, 0.05) is 24.9 Å². The highest BCUT2D eigenvalue weighted by Crippen LogP contribution is 2.17. The fourth-order valence-corrected chi connectivity index (χ4v) is 2.24. The number of pyridine rings is 2. The van der Waals surface area contributed by atoms with Crippen LogP contribution in [0.2, 0.25) is 0 Å². The first kappa shape index (κ1) is 14.2. The first-order valence-electron chi connectivity index (χ1n) is 5.69. The van der Waals surface area contributed by atoms with Gasteiger partial charge in [-0.3, -0.25) is 14.9 Å². The smallest absolute Gasteiger partial charge is 0.286 e. The largest absolute Gasteiger partial charge is 0.373 e. The minimum Gasteiger partial charge on any atom is -0.373 e. The van der Waals surface area contributed by atoms with Crippen LogP contribution < -0.4 is 10.9 Å². The van der Waals surface area contributed by atoms with Crippen molar-refractivity contribution in [3.63, 3.8) is 0 Å². The van der Waals surface area contributed by atoms with E-state index in [0.29, 0.717) is 5.82 Å². The Kier molecular flexibility index (Phi) is 4.14. The maximum absolute atomic E-state index is 12.0. The number of anilines is 1. The molecule has 2 aromatic heterocycles. The number of nitrogens with zero attached hydrogens (tertiary/aromatic N) is 3. The van der Waals surface area contributed by atoms with E-state index in [1.807, 2.05) is 0 Å². The summed E-state index contributed by atoms with van der Waals surface area (Å²) in [7, 11) is 1.72. The maximum Gasteiger partial charge on any atom is 0.286 e. The molecule has 0 unspecified atom stereocenters. The second kappa shape index (κ2) is 5.83. The molecule has 0 radical (unpaired) electrons. The van der Waals surface area contributed by atoms with Crippen LogP contribution in [0.25, 0.3) is 0 Å². The quantitative estimate of drug-likeness (QED) is 0.680. The summed E-state index contributed by atoms with van der Waals surface area (Å²) in [5.74, 6) is 0.627. The average molecular weight is 339 g/mol. The minimum absolute atomic E-state index is 0.147. The van der Waals surface area contributed by atoms with Gasteiger partial charge in [-0.25, -0.2) is 4.98 Å². The van der Waals surface area contributed by atoms with E-state index in [1.54, 1.807) is 25.4 Å². The Morgan fingerprint density at radius 3 is 2.95 bits per heavy atom. The zero-order valence-electron chi connectivity index (χ0n) is 10.5. The van der Waals surface area contributed by atoms with Crippen LogP contribution in [-0.2, 0) is 6.54 Å². The van der Waals surface area contributed by atoms with Crippen LogP contribution in [0, 0.1) is 10.1 Å². The Hall–Kier alpha value is -2.22. The molecule has 20 heavy (non-hydrogen) atoms. The van der Waals surface area contributed by atoms with Gasteiger partial charge in [0.2, 0.25) is 0 Å². The van der Waals surface area contributed by atoms with Crippen LogP contribution in [-0.4, -0.2) is 21.5 Å². The molecule has 2 heterocycles. The number of hydrogen-bond donors (Lipinski definition) is 1. The van der Waals surface area contributed by atoms with E-state index >= 15 is 0 Å². The van der Waals surface area contributed by atoms with Gasteiger partial charge in [0.15, 0.2) is 0 Å². The second-order valence-corrected chi connectivity index (χ2v) is 4.85. The van der Waals surface area contributed by atoms with Crippen LogP contribution in [0.4, 0.5) is 11.5 Å². The normalized spacial score (nSPS) is 10.3. The lowest BCUT2D eigenvalue weighted by molar-refractivity contribution is -0.385.